The van der Waals surface area contributed by atoms with Gasteiger partial charge in [0.15, 0.2) is 0 Å². The van der Waals surface area contributed by atoms with E-state index in [4.69, 9.17) is 11.6 Å². The molecule has 1 heterocycles. The Labute approximate surface area is 132 Å². The minimum Gasteiger partial charge on any atom is -0.355 e. The normalized spacial score (nSPS) is 11.2. The second-order valence-electron chi connectivity index (χ2n) is 4.24. The first-order chi connectivity index (χ1) is 9.83. The summed E-state index contributed by atoms with van der Waals surface area (Å²) in [4.78, 5) is 12.5. The zero-order valence-electron chi connectivity index (χ0n) is 11.3. The zero-order valence-corrected chi connectivity index (χ0v) is 13.7. The van der Waals surface area contributed by atoms with Crippen LogP contribution in [-0.2, 0) is 10.0 Å². The molecule has 1 aromatic heterocycles. The van der Waals surface area contributed by atoms with Gasteiger partial charge in [0.05, 0.1) is 10.7 Å². The van der Waals surface area contributed by atoms with E-state index in [2.05, 4.69) is 10.0 Å². The number of halogens is 1. The third-order valence-corrected chi connectivity index (χ3v) is 5.87. The lowest BCUT2D eigenvalue weighted by atomic mass is 10.2. The molecular formula is C13H13ClN2O3S2. The van der Waals surface area contributed by atoms with Crippen LogP contribution in [0.4, 0.5) is 5.69 Å². The molecule has 0 saturated heterocycles. The summed E-state index contributed by atoms with van der Waals surface area (Å²) in [6.07, 6.45) is 0. The van der Waals surface area contributed by atoms with Gasteiger partial charge in [-0.25, -0.2) is 8.42 Å². The van der Waals surface area contributed by atoms with Crippen molar-refractivity contribution in [1.82, 2.24) is 5.32 Å². The molecule has 0 aliphatic heterocycles. The quantitative estimate of drug-likeness (QED) is 0.895. The molecule has 0 radical (unpaired) electrons. The molecule has 1 aromatic carbocycles. The average Bonchev–Trinajstić information content (AvgIpc) is 2.87. The van der Waals surface area contributed by atoms with Crippen molar-refractivity contribution in [3.05, 3.63) is 45.8 Å². The number of amides is 1. The van der Waals surface area contributed by atoms with Crippen molar-refractivity contribution >= 4 is 44.6 Å². The molecule has 0 atom stereocenters. The first-order valence-electron chi connectivity index (χ1n) is 5.94. The molecule has 1 amide bonds. The molecule has 2 N–H and O–H groups in total. The van der Waals surface area contributed by atoms with Crippen LogP contribution in [0.2, 0.25) is 5.02 Å². The summed E-state index contributed by atoms with van der Waals surface area (Å²) in [6.45, 7) is 1.82. The summed E-state index contributed by atoms with van der Waals surface area (Å²) >= 11 is 7.15. The van der Waals surface area contributed by atoms with Gasteiger partial charge in [-0.1, -0.05) is 11.6 Å². The van der Waals surface area contributed by atoms with Crippen LogP contribution in [0.5, 0.6) is 0 Å². The van der Waals surface area contributed by atoms with Gasteiger partial charge in [-0.05, 0) is 37.3 Å². The fourth-order valence-corrected chi connectivity index (χ4v) is 4.22. The second kappa shape index (κ2) is 6.05. The first-order valence-corrected chi connectivity index (χ1v) is 8.62. The summed E-state index contributed by atoms with van der Waals surface area (Å²) in [7, 11) is -2.22. The fourth-order valence-electron chi connectivity index (χ4n) is 1.64. The highest BCUT2D eigenvalue weighted by atomic mass is 35.5. The second-order valence-corrected chi connectivity index (χ2v) is 7.85. The molecule has 0 aliphatic rings. The molecule has 2 aromatic rings. The predicted molar refractivity (Wildman–Crippen MR) is 84.7 cm³/mol. The van der Waals surface area contributed by atoms with Crippen molar-refractivity contribution in [3.8, 4) is 0 Å². The number of hydrogen-bond donors (Lipinski definition) is 2. The van der Waals surface area contributed by atoms with E-state index in [1.54, 1.807) is 6.07 Å². The minimum atomic E-state index is -3.71. The van der Waals surface area contributed by atoms with Crippen molar-refractivity contribution in [3.63, 3.8) is 0 Å². The van der Waals surface area contributed by atoms with Crippen molar-refractivity contribution in [1.29, 1.82) is 0 Å². The molecule has 0 spiro atoms. The van der Waals surface area contributed by atoms with E-state index in [-0.39, 0.29) is 20.8 Å². The Kier molecular flexibility index (Phi) is 4.55. The molecule has 2 rings (SSSR count). The van der Waals surface area contributed by atoms with E-state index in [0.717, 1.165) is 16.2 Å². The van der Waals surface area contributed by atoms with E-state index in [1.165, 1.54) is 31.3 Å². The third kappa shape index (κ3) is 3.55. The molecule has 21 heavy (non-hydrogen) atoms. The van der Waals surface area contributed by atoms with Crippen LogP contribution in [0.25, 0.3) is 0 Å². The Bertz CT molecular complexity index is 784. The topological polar surface area (TPSA) is 75.3 Å². The van der Waals surface area contributed by atoms with E-state index < -0.39 is 10.0 Å². The predicted octanol–water partition coefficient (Wildman–Crippen LogP) is 2.87. The number of carbonyl (C=O) groups excluding carboxylic acids is 1. The maximum absolute atomic E-state index is 12.3. The van der Waals surface area contributed by atoms with Crippen molar-refractivity contribution in [2.45, 2.75) is 11.1 Å². The fraction of sp³-hybridized carbons (Fsp3) is 0.154. The molecule has 0 unspecified atom stereocenters. The largest absolute Gasteiger partial charge is 0.355 e. The Morgan fingerprint density at radius 1 is 1.24 bits per heavy atom. The van der Waals surface area contributed by atoms with Gasteiger partial charge in [0.25, 0.3) is 15.9 Å². The summed E-state index contributed by atoms with van der Waals surface area (Å²) in [6, 6.07) is 7.65. The van der Waals surface area contributed by atoms with Gasteiger partial charge >= 0.3 is 0 Å². The van der Waals surface area contributed by atoms with Crippen LogP contribution >= 0.6 is 22.9 Å². The summed E-state index contributed by atoms with van der Waals surface area (Å²) in [5.74, 6) is -0.320. The first kappa shape index (κ1) is 15.8. The van der Waals surface area contributed by atoms with Crippen LogP contribution in [0.15, 0.2) is 34.5 Å². The monoisotopic (exact) mass is 344 g/mol. The van der Waals surface area contributed by atoms with Gasteiger partial charge in [-0.15, -0.1) is 11.3 Å². The lowest BCUT2D eigenvalue weighted by molar-refractivity contribution is 0.0963. The molecule has 0 fully saturated rings. The third-order valence-electron chi connectivity index (χ3n) is 2.68. The number of sulfonamides is 1. The van der Waals surface area contributed by atoms with Gasteiger partial charge in [-0.3, -0.25) is 9.52 Å². The van der Waals surface area contributed by atoms with Crippen LogP contribution in [-0.4, -0.2) is 21.4 Å². The van der Waals surface area contributed by atoms with Gasteiger partial charge in [0.2, 0.25) is 0 Å². The lowest BCUT2D eigenvalue weighted by Gasteiger charge is -2.09. The molecule has 0 bridgehead atoms. The van der Waals surface area contributed by atoms with Gasteiger partial charge in [0, 0.05) is 17.5 Å². The standard InChI is InChI=1S/C13H13ClN2O3S2/c1-8-3-6-12(20-8)21(18,19)16-11-7-9(13(17)15-2)4-5-10(11)14/h3-7,16H,1-2H3,(H,15,17). The Balaban J connectivity index is 2.37. The SMILES string of the molecule is CNC(=O)c1ccc(Cl)c(NS(=O)(=O)c2ccc(C)s2)c1. The van der Waals surface area contributed by atoms with Gasteiger partial charge < -0.3 is 5.32 Å². The molecule has 0 aliphatic carbocycles. The summed E-state index contributed by atoms with van der Waals surface area (Å²) < 4.78 is 27.1. The van der Waals surface area contributed by atoms with Crippen LogP contribution in [0.1, 0.15) is 15.2 Å². The van der Waals surface area contributed by atoms with Crippen LogP contribution in [0.3, 0.4) is 0 Å². The number of anilines is 1. The van der Waals surface area contributed by atoms with E-state index >= 15 is 0 Å². The number of rotatable bonds is 4. The minimum absolute atomic E-state index is 0.170. The summed E-state index contributed by atoms with van der Waals surface area (Å²) in [5.41, 5.74) is 0.491. The van der Waals surface area contributed by atoms with Gasteiger partial charge in [0.1, 0.15) is 4.21 Å². The number of carbonyl (C=O) groups is 1. The van der Waals surface area contributed by atoms with Gasteiger partial charge in [-0.2, -0.15) is 0 Å². The maximum atomic E-state index is 12.3. The van der Waals surface area contributed by atoms with Crippen molar-refractivity contribution in [2.75, 3.05) is 11.8 Å². The number of hydrogen-bond acceptors (Lipinski definition) is 4. The van der Waals surface area contributed by atoms with E-state index in [0.29, 0.717) is 5.56 Å². The molecule has 112 valence electrons. The zero-order chi connectivity index (χ0) is 15.6. The highest BCUT2D eigenvalue weighted by Crippen LogP contribution is 2.28. The highest BCUT2D eigenvalue weighted by molar-refractivity contribution is 7.94. The maximum Gasteiger partial charge on any atom is 0.271 e. The highest BCUT2D eigenvalue weighted by Gasteiger charge is 2.18. The van der Waals surface area contributed by atoms with Crippen molar-refractivity contribution in [2.24, 2.45) is 0 Å². The molecule has 0 saturated carbocycles. The van der Waals surface area contributed by atoms with Crippen molar-refractivity contribution < 1.29 is 13.2 Å². The molecule has 8 heteroatoms. The van der Waals surface area contributed by atoms with E-state index in [9.17, 15) is 13.2 Å². The average molecular weight is 345 g/mol. The summed E-state index contributed by atoms with van der Waals surface area (Å²) in [5, 5.41) is 2.69. The number of nitrogens with one attached hydrogen (secondary N) is 2. The van der Waals surface area contributed by atoms with Crippen LogP contribution < -0.4 is 10.0 Å². The lowest BCUT2D eigenvalue weighted by Crippen LogP contribution is -2.18. The number of thiophene rings is 1. The number of benzene rings is 1. The Hall–Kier alpha value is -1.57. The van der Waals surface area contributed by atoms with Crippen LogP contribution in [0, 0.1) is 6.92 Å². The van der Waals surface area contributed by atoms with E-state index in [1.807, 2.05) is 6.92 Å². The Morgan fingerprint density at radius 2 is 1.95 bits per heavy atom. The smallest absolute Gasteiger partial charge is 0.271 e. The number of aryl methyl sites for hydroxylation is 1. The Morgan fingerprint density at radius 3 is 2.52 bits per heavy atom. The molecule has 5 nitrogen and oxygen atoms in total. The molecular weight excluding hydrogens is 332 g/mol.